The standard InChI is InChI=1S/C23H23N3O7/c27-20(33-21(16-7-2-1-3-8-16)22(28)24-12-4-5-13-24)9-6-14-25-18-11-10-17(26(30)31)15-19(18)32-23(25)29/h1-3,7-8,10-11,15,21H,4-6,9,12-14H2/t21-/m0/s1. The number of nitro benzene ring substituents is 1. The molecule has 1 fully saturated rings. The molecule has 1 aliphatic heterocycles. The lowest BCUT2D eigenvalue weighted by atomic mass is 10.1. The third-order valence-corrected chi connectivity index (χ3v) is 5.62. The first-order chi connectivity index (χ1) is 15.9. The van der Waals surface area contributed by atoms with Crippen LogP contribution < -0.4 is 5.76 Å². The maximum Gasteiger partial charge on any atom is 0.419 e. The van der Waals surface area contributed by atoms with Gasteiger partial charge in [-0.1, -0.05) is 30.3 Å². The number of carbonyl (C=O) groups is 2. The molecule has 1 amide bonds. The van der Waals surface area contributed by atoms with Crippen molar-refractivity contribution in [3.63, 3.8) is 0 Å². The first-order valence-corrected chi connectivity index (χ1v) is 10.7. The van der Waals surface area contributed by atoms with Gasteiger partial charge < -0.3 is 14.1 Å². The molecule has 172 valence electrons. The van der Waals surface area contributed by atoms with Gasteiger partial charge in [-0.25, -0.2) is 4.79 Å². The Morgan fingerprint density at radius 1 is 1.12 bits per heavy atom. The molecule has 0 aliphatic carbocycles. The number of aryl methyl sites for hydroxylation is 1. The number of hydrogen-bond donors (Lipinski definition) is 0. The molecule has 1 saturated heterocycles. The van der Waals surface area contributed by atoms with Crippen molar-refractivity contribution < 1.29 is 23.7 Å². The van der Waals surface area contributed by atoms with Gasteiger partial charge in [0, 0.05) is 37.7 Å². The molecule has 0 N–H and O–H groups in total. The summed E-state index contributed by atoms with van der Waals surface area (Å²) in [5, 5.41) is 10.9. The van der Waals surface area contributed by atoms with Crippen molar-refractivity contribution >= 4 is 28.7 Å². The van der Waals surface area contributed by atoms with Crippen LogP contribution in [0.5, 0.6) is 0 Å². The second-order valence-corrected chi connectivity index (χ2v) is 7.85. The second kappa shape index (κ2) is 9.68. The minimum Gasteiger partial charge on any atom is -0.447 e. The molecule has 2 aromatic carbocycles. The smallest absolute Gasteiger partial charge is 0.419 e. The van der Waals surface area contributed by atoms with Crippen LogP contribution in [0, 0.1) is 10.1 Å². The number of aromatic nitrogens is 1. The predicted octanol–water partition coefficient (Wildman–Crippen LogP) is 3.19. The van der Waals surface area contributed by atoms with Crippen molar-refractivity contribution in [3.8, 4) is 0 Å². The normalized spacial score (nSPS) is 14.4. The third-order valence-electron chi connectivity index (χ3n) is 5.62. The van der Waals surface area contributed by atoms with E-state index in [0.29, 0.717) is 24.2 Å². The maximum atomic E-state index is 13.0. The van der Waals surface area contributed by atoms with Gasteiger partial charge in [0.15, 0.2) is 5.58 Å². The first-order valence-electron chi connectivity index (χ1n) is 10.7. The number of esters is 1. The monoisotopic (exact) mass is 453 g/mol. The van der Waals surface area contributed by atoms with Crippen molar-refractivity contribution in [2.75, 3.05) is 13.1 Å². The summed E-state index contributed by atoms with van der Waals surface area (Å²) in [6.45, 7) is 1.46. The number of rotatable bonds is 8. The highest BCUT2D eigenvalue weighted by atomic mass is 16.6. The lowest BCUT2D eigenvalue weighted by molar-refractivity contribution is -0.384. The molecule has 1 aliphatic rings. The molecule has 4 rings (SSSR count). The van der Waals surface area contributed by atoms with E-state index >= 15 is 0 Å². The summed E-state index contributed by atoms with van der Waals surface area (Å²) in [6, 6.07) is 12.8. The summed E-state index contributed by atoms with van der Waals surface area (Å²) in [5.41, 5.74) is 0.950. The van der Waals surface area contributed by atoms with E-state index in [0.717, 1.165) is 12.8 Å². The molecule has 0 radical (unpaired) electrons. The zero-order chi connectivity index (χ0) is 23.4. The Kier molecular flexibility index (Phi) is 6.53. The molecule has 10 nitrogen and oxygen atoms in total. The van der Waals surface area contributed by atoms with E-state index in [1.54, 1.807) is 29.2 Å². The molecular weight excluding hydrogens is 430 g/mol. The summed E-state index contributed by atoms with van der Waals surface area (Å²) in [5.74, 6) is -1.44. The van der Waals surface area contributed by atoms with E-state index < -0.39 is 22.8 Å². The van der Waals surface area contributed by atoms with Crippen molar-refractivity contribution in [1.82, 2.24) is 9.47 Å². The molecule has 0 bridgehead atoms. The molecule has 3 aromatic rings. The minimum atomic E-state index is -1.00. The Labute approximate surface area is 188 Å². The number of non-ortho nitro benzene ring substituents is 1. The molecule has 1 atom stereocenters. The second-order valence-electron chi connectivity index (χ2n) is 7.85. The lowest BCUT2D eigenvalue weighted by Gasteiger charge is -2.23. The average Bonchev–Trinajstić information content (AvgIpc) is 3.45. The van der Waals surface area contributed by atoms with Crippen LogP contribution in [0.1, 0.15) is 37.4 Å². The number of nitrogens with zero attached hydrogens (tertiary/aromatic N) is 3. The van der Waals surface area contributed by atoms with E-state index in [1.165, 1.54) is 22.8 Å². The van der Waals surface area contributed by atoms with Gasteiger partial charge in [-0.2, -0.15) is 0 Å². The van der Waals surface area contributed by atoms with Crippen LogP contribution in [0.25, 0.3) is 11.1 Å². The van der Waals surface area contributed by atoms with Crippen molar-refractivity contribution in [2.24, 2.45) is 0 Å². The number of hydrogen-bond acceptors (Lipinski definition) is 7. The number of fused-ring (bicyclic) bond motifs is 1. The van der Waals surface area contributed by atoms with Gasteiger partial charge in [0.2, 0.25) is 6.10 Å². The summed E-state index contributed by atoms with van der Waals surface area (Å²) in [7, 11) is 0. The van der Waals surface area contributed by atoms with Gasteiger partial charge in [-0.15, -0.1) is 0 Å². The highest BCUT2D eigenvalue weighted by Crippen LogP contribution is 2.24. The zero-order valence-electron chi connectivity index (χ0n) is 17.8. The maximum absolute atomic E-state index is 13.0. The molecule has 2 heterocycles. The van der Waals surface area contributed by atoms with E-state index in [9.17, 15) is 24.5 Å². The number of carbonyl (C=O) groups excluding carboxylic acids is 2. The lowest BCUT2D eigenvalue weighted by Crippen LogP contribution is -2.34. The minimum absolute atomic E-state index is 0.0112. The van der Waals surface area contributed by atoms with Gasteiger partial charge in [0.25, 0.3) is 11.6 Å². The Bertz CT molecular complexity index is 1230. The summed E-state index contributed by atoms with van der Waals surface area (Å²) in [4.78, 5) is 49.7. The largest absolute Gasteiger partial charge is 0.447 e. The third kappa shape index (κ3) is 4.94. The van der Waals surface area contributed by atoms with Crippen molar-refractivity contribution in [3.05, 3.63) is 74.8 Å². The van der Waals surface area contributed by atoms with Crippen LogP contribution in [-0.4, -0.2) is 39.4 Å². The van der Waals surface area contributed by atoms with Gasteiger partial charge in [-0.3, -0.25) is 24.3 Å². The number of ether oxygens (including phenoxy) is 1. The summed E-state index contributed by atoms with van der Waals surface area (Å²) in [6.07, 6.45) is 1.11. The van der Waals surface area contributed by atoms with Crippen LogP contribution in [-0.2, 0) is 20.9 Å². The topological polar surface area (TPSA) is 125 Å². The Hall–Kier alpha value is -3.95. The Morgan fingerprint density at radius 3 is 2.55 bits per heavy atom. The fraction of sp³-hybridized carbons (Fsp3) is 0.348. The highest BCUT2D eigenvalue weighted by molar-refractivity contribution is 5.85. The zero-order valence-corrected chi connectivity index (χ0v) is 17.8. The Balaban J connectivity index is 1.41. The molecule has 33 heavy (non-hydrogen) atoms. The molecule has 0 spiro atoms. The van der Waals surface area contributed by atoms with Crippen LogP contribution >= 0.6 is 0 Å². The van der Waals surface area contributed by atoms with E-state index in [4.69, 9.17) is 9.15 Å². The highest BCUT2D eigenvalue weighted by Gasteiger charge is 2.30. The van der Waals surface area contributed by atoms with Gasteiger partial charge >= 0.3 is 11.7 Å². The van der Waals surface area contributed by atoms with E-state index in [-0.39, 0.29) is 36.6 Å². The van der Waals surface area contributed by atoms with Crippen LogP contribution in [0.3, 0.4) is 0 Å². The van der Waals surface area contributed by atoms with Crippen LogP contribution in [0.2, 0.25) is 0 Å². The molecule has 0 unspecified atom stereocenters. The molecule has 10 heteroatoms. The number of oxazole rings is 1. The quantitative estimate of drug-likeness (QED) is 0.291. The van der Waals surface area contributed by atoms with Gasteiger partial charge in [0.1, 0.15) is 0 Å². The number of benzene rings is 2. The van der Waals surface area contributed by atoms with Gasteiger partial charge in [0.05, 0.1) is 16.5 Å². The predicted molar refractivity (Wildman–Crippen MR) is 117 cm³/mol. The number of nitro groups is 1. The van der Waals surface area contributed by atoms with Crippen LogP contribution in [0.15, 0.2) is 57.7 Å². The first kappa shape index (κ1) is 22.3. The van der Waals surface area contributed by atoms with Gasteiger partial charge in [-0.05, 0) is 25.3 Å². The summed E-state index contributed by atoms with van der Waals surface area (Å²) >= 11 is 0. The Morgan fingerprint density at radius 2 is 1.85 bits per heavy atom. The fourth-order valence-electron chi connectivity index (χ4n) is 3.94. The number of likely N-dealkylation sites (tertiary alicyclic amines) is 1. The van der Waals surface area contributed by atoms with Crippen molar-refractivity contribution in [1.29, 1.82) is 0 Å². The van der Waals surface area contributed by atoms with Crippen LogP contribution in [0.4, 0.5) is 5.69 Å². The average molecular weight is 453 g/mol. The summed E-state index contributed by atoms with van der Waals surface area (Å²) < 4.78 is 12.0. The molecule has 1 aromatic heterocycles. The number of amides is 1. The van der Waals surface area contributed by atoms with E-state index in [1.807, 2.05) is 6.07 Å². The molecular formula is C23H23N3O7. The fourth-order valence-corrected chi connectivity index (χ4v) is 3.94. The molecule has 0 saturated carbocycles. The SMILES string of the molecule is O=C(CCCn1c(=O)oc2cc([N+](=O)[O-])ccc21)O[C@H](C(=O)N1CCCC1)c1ccccc1. The van der Waals surface area contributed by atoms with Crippen molar-refractivity contribution in [2.45, 2.75) is 38.3 Å². The van der Waals surface area contributed by atoms with E-state index in [2.05, 4.69) is 0 Å².